The normalized spacial score (nSPS) is 10.9. The molecule has 5 aromatic rings. The molecule has 33 heavy (non-hydrogen) atoms. The molecule has 0 aliphatic heterocycles. The van der Waals surface area contributed by atoms with Crippen LogP contribution in [0.4, 0.5) is 0 Å². The first kappa shape index (κ1) is 21.4. The molecule has 0 radical (unpaired) electrons. The number of aromatic nitrogens is 1. The highest BCUT2D eigenvalue weighted by atomic mass is 35.5. The number of carbonyl (C=O) groups is 1. The average molecular weight is 469 g/mol. The van der Waals surface area contributed by atoms with Crippen LogP contribution >= 0.6 is 22.9 Å². The van der Waals surface area contributed by atoms with Gasteiger partial charge in [0.15, 0.2) is 0 Å². The zero-order valence-electron chi connectivity index (χ0n) is 17.8. The summed E-state index contributed by atoms with van der Waals surface area (Å²) in [7, 11) is 0. The molecule has 0 spiro atoms. The second-order valence-corrected chi connectivity index (χ2v) is 9.52. The second-order valence-electron chi connectivity index (χ2n) is 7.81. The number of para-hydroxylation sites is 1. The molecule has 5 heteroatoms. The van der Waals surface area contributed by atoms with Gasteiger partial charge in [0.25, 0.3) is 5.91 Å². The third kappa shape index (κ3) is 4.82. The molecule has 0 saturated heterocycles. The highest BCUT2D eigenvalue weighted by Gasteiger charge is 2.21. The second kappa shape index (κ2) is 9.57. The maximum atomic E-state index is 14.0. The van der Waals surface area contributed by atoms with E-state index in [9.17, 15) is 4.79 Å². The first-order chi connectivity index (χ1) is 16.2. The maximum Gasteiger partial charge on any atom is 0.255 e. The fraction of sp³-hybridized carbons (Fsp3) is 0.0714. The maximum absolute atomic E-state index is 14.0. The van der Waals surface area contributed by atoms with E-state index >= 15 is 0 Å². The molecular weight excluding hydrogens is 448 g/mol. The monoisotopic (exact) mass is 468 g/mol. The van der Waals surface area contributed by atoms with Crippen molar-refractivity contribution in [1.82, 2.24) is 9.88 Å². The van der Waals surface area contributed by atoms with E-state index < -0.39 is 0 Å². The molecule has 1 amide bonds. The predicted octanol–water partition coefficient (Wildman–Crippen LogP) is 7.46. The minimum atomic E-state index is -0.0230. The highest BCUT2D eigenvalue weighted by Crippen LogP contribution is 2.33. The number of pyridine rings is 1. The zero-order valence-corrected chi connectivity index (χ0v) is 19.4. The van der Waals surface area contributed by atoms with E-state index in [0.717, 1.165) is 32.6 Å². The Morgan fingerprint density at radius 2 is 1.39 bits per heavy atom. The summed E-state index contributed by atoms with van der Waals surface area (Å²) in [5, 5.41) is 0.847. The number of carbonyl (C=O) groups excluding carboxylic acids is 1. The third-order valence-electron chi connectivity index (χ3n) is 5.49. The number of benzene rings is 3. The summed E-state index contributed by atoms with van der Waals surface area (Å²) in [5.74, 6) is -0.0230. The number of thiophene rings is 1. The van der Waals surface area contributed by atoms with Crippen LogP contribution in [0.5, 0.6) is 0 Å². The van der Waals surface area contributed by atoms with E-state index in [1.165, 1.54) is 11.3 Å². The molecule has 0 fully saturated rings. The molecule has 3 nitrogen and oxygen atoms in total. The van der Waals surface area contributed by atoms with Crippen molar-refractivity contribution in [3.63, 3.8) is 0 Å². The van der Waals surface area contributed by atoms with Gasteiger partial charge in [-0.2, -0.15) is 0 Å². The van der Waals surface area contributed by atoms with Gasteiger partial charge in [0.1, 0.15) is 0 Å². The van der Waals surface area contributed by atoms with Gasteiger partial charge < -0.3 is 4.90 Å². The van der Waals surface area contributed by atoms with Crippen molar-refractivity contribution >= 4 is 39.7 Å². The summed E-state index contributed by atoms with van der Waals surface area (Å²) in [6.07, 6.45) is 0. The summed E-state index contributed by atoms with van der Waals surface area (Å²) in [5.41, 5.74) is 4.37. The molecule has 5 rings (SSSR count). The zero-order chi connectivity index (χ0) is 22.6. The summed E-state index contributed by atoms with van der Waals surface area (Å²) >= 11 is 7.64. The van der Waals surface area contributed by atoms with Gasteiger partial charge in [-0.3, -0.25) is 4.79 Å². The topological polar surface area (TPSA) is 33.2 Å². The molecule has 0 unspecified atom stereocenters. The van der Waals surface area contributed by atoms with Crippen LogP contribution in [-0.2, 0) is 13.1 Å². The molecule has 3 aromatic carbocycles. The Hall–Kier alpha value is -3.47. The van der Waals surface area contributed by atoms with Gasteiger partial charge >= 0.3 is 0 Å². The Kier molecular flexibility index (Phi) is 6.20. The fourth-order valence-corrected chi connectivity index (χ4v) is 4.91. The lowest BCUT2D eigenvalue weighted by Gasteiger charge is -2.24. The lowest BCUT2D eigenvalue weighted by Crippen LogP contribution is -2.30. The molecule has 0 bridgehead atoms. The lowest BCUT2D eigenvalue weighted by atomic mass is 10.0. The molecule has 0 saturated carbocycles. The van der Waals surface area contributed by atoms with Gasteiger partial charge in [-0.25, -0.2) is 4.98 Å². The van der Waals surface area contributed by atoms with Crippen LogP contribution in [0.2, 0.25) is 4.34 Å². The van der Waals surface area contributed by atoms with E-state index in [0.29, 0.717) is 23.0 Å². The SMILES string of the molecule is O=C(c1cc(-c2ccc(Cl)s2)nc2ccccc12)N(Cc1ccccc1)Cc1ccccc1. The number of hydrogen-bond acceptors (Lipinski definition) is 3. The van der Waals surface area contributed by atoms with Crippen molar-refractivity contribution in [2.24, 2.45) is 0 Å². The molecule has 0 atom stereocenters. The van der Waals surface area contributed by atoms with Crippen LogP contribution in [0, 0.1) is 0 Å². The van der Waals surface area contributed by atoms with Crippen molar-refractivity contribution in [2.45, 2.75) is 13.1 Å². The van der Waals surface area contributed by atoms with Gasteiger partial charge in [-0.15, -0.1) is 11.3 Å². The number of hydrogen-bond donors (Lipinski definition) is 0. The molecule has 0 aliphatic rings. The number of fused-ring (bicyclic) bond motifs is 1. The number of amides is 1. The van der Waals surface area contributed by atoms with Crippen molar-refractivity contribution in [3.05, 3.63) is 124 Å². The van der Waals surface area contributed by atoms with Crippen LogP contribution in [-0.4, -0.2) is 15.8 Å². The average Bonchev–Trinajstić information content (AvgIpc) is 3.30. The molecule has 162 valence electrons. The van der Waals surface area contributed by atoms with Gasteiger partial charge in [0, 0.05) is 18.5 Å². The number of nitrogens with zero attached hydrogens (tertiary/aromatic N) is 2. The summed E-state index contributed by atoms with van der Waals surface area (Å²) < 4.78 is 0.697. The van der Waals surface area contributed by atoms with Gasteiger partial charge in [0.05, 0.1) is 26.0 Å². The first-order valence-electron chi connectivity index (χ1n) is 10.7. The van der Waals surface area contributed by atoms with Crippen molar-refractivity contribution in [1.29, 1.82) is 0 Å². The minimum Gasteiger partial charge on any atom is -0.330 e. The quantitative estimate of drug-likeness (QED) is 0.259. The van der Waals surface area contributed by atoms with E-state index in [-0.39, 0.29) is 5.91 Å². The Morgan fingerprint density at radius 1 is 0.788 bits per heavy atom. The van der Waals surface area contributed by atoms with Crippen molar-refractivity contribution in [3.8, 4) is 10.6 Å². The smallest absolute Gasteiger partial charge is 0.255 e. The summed E-state index contributed by atoms with van der Waals surface area (Å²) in [6.45, 7) is 1.04. The Bertz CT molecular complexity index is 1360. The summed E-state index contributed by atoms with van der Waals surface area (Å²) in [6, 6.07) is 33.7. The van der Waals surface area contributed by atoms with Crippen molar-refractivity contribution < 1.29 is 4.79 Å². The standard InChI is InChI=1S/C28H21ClN2OS/c29-27-16-15-26(33-27)25-17-23(22-13-7-8-14-24(22)30-25)28(32)31(18-20-9-3-1-4-10-20)19-21-11-5-2-6-12-21/h1-17H,18-19H2. The van der Waals surface area contributed by atoms with E-state index in [2.05, 4.69) is 24.3 Å². The highest BCUT2D eigenvalue weighted by molar-refractivity contribution is 7.19. The third-order valence-corrected chi connectivity index (χ3v) is 6.75. The largest absolute Gasteiger partial charge is 0.330 e. The van der Waals surface area contributed by atoms with Gasteiger partial charge in [-0.1, -0.05) is 90.5 Å². The lowest BCUT2D eigenvalue weighted by molar-refractivity contribution is 0.0732. The van der Waals surface area contributed by atoms with Crippen LogP contribution in [0.15, 0.2) is 103 Å². The molecule has 2 heterocycles. The number of halogens is 1. The van der Waals surface area contributed by atoms with E-state index in [1.54, 1.807) is 0 Å². The Labute approximate surface area is 201 Å². The Balaban J connectivity index is 1.59. The fourth-order valence-electron chi connectivity index (χ4n) is 3.91. The van der Waals surface area contributed by atoms with Crippen LogP contribution in [0.3, 0.4) is 0 Å². The van der Waals surface area contributed by atoms with E-state index in [4.69, 9.17) is 16.6 Å². The van der Waals surface area contributed by atoms with Crippen LogP contribution in [0.1, 0.15) is 21.5 Å². The van der Waals surface area contributed by atoms with Gasteiger partial charge in [0.2, 0.25) is 0 Å². The molecule has 0 N–H and O–H groups in total. The Morgan fingerprint density at radius 3 is 2.00 bits per heavy atom. The minimum absolute atomic E-state index is 0.0230. The number of rotatable bonds is 6. The molecule has 0 aliphatic carbocycles. The molecule has 2 aromatic heterocycles. The molecular formula is C28H21ClN2OS. The van der Waals surface area contributed by atoms with Gasteiger partial charge in [-0.05, 0) is 35.4 Å². The predicted molar refractivity (Wildman–Crippen MR) is 137 cm³/mol. The van der Waals surface area contributed by atoms with E-state index in [1.807, 2.05) is 83.8 Å². The summed E-state index contributed by atoms with van der Waals surface area (Å²) in [4.78, 5) is 21.7. The van der Waals surface area contributed by atoms with Crippen LogP contribution < -0.4 is 0 Å². The van der Waals surface area contributed by atoms with Crippen LogP contribution in [0.25, 0.3) is 21.5 Å². The first-order valence-corrected chi connectivity index (χ1v) is 11.9. The van der Waals surface area contributed by atoms with Crippen molar-refractivity contribution in [2.75, 3.05) is 0 Å².